The normalized spacial score (nSPS) is 10.6. The Bertz CT molecular complexity index is 1020. The van der Waals surface area contributed by atoms with Crippen LogP contribution in [0.3, 0.4) is 0 Å². The molecule has 128 valence electrons. The number of anilines is 1. The van der Waals surface area contributed by atoms with Crippen molar-refractivity contribution in [1.29, 1.82) is 0 Å². The van der Waals surface area contributed by atoms with Gasteiger partial charge in [-0.2, -0.15) is 0 Å². The molecule has 25 heavy (non-hydrogen) atoms. The third-order valence-electron chi connectivity index (χ3n) is 3.67. The number of hydrogen-bond donors (Lipinski definition) is 2. The van der Waals surface area contributed by atoms with E-state index in [0.717, 1.165) is 5.69 Å². The Hall–Kier alpha value is -3.42. The van der Waals surface area contributed by atoms with Crippen LogP contribution in [-0.2, 0) is 16.1 Å². The number of amides is 1. The smallest absolute Gasteiger partial charge is 0.339 e. The van der Waals surface area contributed by atoms with E-state index in [-0.39, 0.29) is 17.7 Å². The molecule has 0 saturated heterocycles. The van der Waals surface area contributed by atoms with Crippen LogP contribution in [-0.4, -0.2) is 33.5 Å². The lowest BCUT2D eigenvalue weighted by Crippen LogP contribution is -2.28. The third-order valence-corrected chi connectivity index (χ3v) is 3.67. The molecular weight excluding hydrogens is 324 g/mol. The SMILES string of the molecule is COC(=O)c1ccccc1NC(=O)Cn1cnc2[nH]c(C)cc2c1=O. The number of nitrogens with zero attached hydrogens (tertiary/aromatic N) is 2. The molecule has 1 aromatic carbocycles. The quantitative estimate of drug-likeness (QED) is 0.699. The molecule has 0 aliphatic heterocycles. The van der Waals surface area contributed by atoms with Crippen molar-refractivity contribution < 1.29 is 14.3 Å². The van der Waals surface area contributed by atoms with Crippen molar-refractivity contribution in [3.8, 4) is 0 Å². The first-order chi connectivity index (χ1) is 12.0. The molecule has 0 radical (unpaired) electrons. The number of methoxy groups -OCH3 is 1. The molecule has 0 spiro atoms. The van der Waals surface area contributed by atoms with Crippen molar-refractivity contribution in [2.75, 3.05) is 12.4 Å². The van der Waals surface area contributed by atoms with Gasteiger partial charge < -0.3 is 15.0 Å². The largest absolute Gasteiger partial charge is 0.465 e. The average Bonchev–Trinajstić information content (AvgIpc) is 2.98. The van der Waals surface area contributed by atoms with Crippen molar-refractivity contribution >= 4 is 28.6 Å². The van der Waals surface area contributed by atoms with E-state index >= 15 is 0 Å². The summed E-state index contributed by atoms with van der Waals surface area (Å²) in [6.07, 6.45) is 1.31. The number of H-pyrrole nitrogens is 1. The van der Waals surface area contributed by atoms with Crippen LogP contribution in [0.15, 0.2) is 41.5 Å². The maximum atomic E-state index is 12.4. The van der Waals surface area contributed by atoms with Gasteiger partial charge in [-0.3, -0.25) is 14.2 Å². The zero-order chi connectivity index (χ0) is 18.0. The number of nitrogens with one attached hydrogen (secondary N) is 2. The van der Waals surface area contributed by atoms with E-state index in [1.807, 2.05) is 6.92 Å². The number of benzene rings is 1. The first kappa shape index (κ1) is 16.4. The number of aromatic amines is 1. The van der Waals surface area contributed by atoms with Crippen LogP contribution in [0.5, 0.6) is 0 Å². The molecule has 0 aliphatic carbocycles. The van der Waals surface area contributed by atoms with E-state index in [4.69, 9.17) is 0 Å². The average molecular weight is 340 g/mol. The Morgan fingerprint density at radius 3 is 2.84 bits per heavy atom. The molecule has 2 heterocycles. The summed E-state index contributed by atoms with van der Waals surface area (Å²) >= 11 is 0. The van der Waals surface area contributed by atoms with Gasteiger partial charge in [-0.1, -0.05) is 12.1 Å². The number of aromatic nitrogens is 3. The molecule has 0 saturated carbocycles. The summed E-state index contributed by atoms with van der Waals surface area (Å²) in [7, 11) is 1.26. The minimum Gasteiger partial charge on any atom is -0.465 e. The van der Waals surface area contributed by atoms with Crippen molar-refractivity contribution in [2.45, 2.75) is 13.5 Å². The van der Waals surface area contributed by atoms with Crippen molar-refractivity contribution in [2.24, 2.45) is 0 Å². The summed E-state index contributed by atoms with van der Waals surface area (Å²) < 4.78 is 5.90. The van der Waals surface area contributed by atoms with Crippen LogP contribution >= 0.6 is 0 Å². The van der Waals surface area contributed by atoms with Gasteiger partial charge in [-0.05, 0) is 25.1 Å². The van der Waals surface area contributed by atoms with Gasteiger partial charge >= 0.3 is 5.97 Å². The molecule has 8 heteroatoms. The second-order valence-electron chi connectivity index (χ2n) is 5.48. The fourth-order valence-electron chi connectivity index (χ4n) is 2.51. The molecule has 1 amide bonds. The summed E-state index contributed by atoms with van der Waals surface area (Å²) in [4.78, 5) is 43.5. The highest BCUT2D eigenvalue weighted by atomic mass is 16.5. The molecular formula is C17H16N4O4. The van der Waals surface area contributed by atoms with Crippen LogP contribution in [0.4, 0.5) is 5.69 Å². The van der Waals surface area contributed by atoms with Crippen molar-refractivity contribution in [1.82, 2.24) is 14.5 Å². The Labute approximate surface area is 142 Å². The molecule has 0 aliphatic rings. The van der Waals surface area contributed by atoms with Crippen LogP contribution < -0.4 is 10.9 Å². The van der Waals surface area contributed by atoms with E-state index in [1.165, 1.54) is 18.0 Å². The maximum absolute atomic E-state index is 12.4. The lowest BCUT2D eigenvalue weighted by atomic mass is 10.2. The van der Waals surface area contributed by atoms with Crippen LogP contribution in [0.2, 0.25) is 0 Å². The van der Waals surface area contributed by atoms with Gasteiger partial charge in [0.05, 0.1) is 23.7 Å². The summed E-state index contributed by atoms with van der Waals surface area (Å²) in [6, 6.07) is 8.17. The molecule has 3 rings (SSSR count). The summed E-state index contributed by atoms with van der Waals surface area (Å²) in [5.74, 6) is -1.01. The van der Waals surface area contributed by atoms with E-state index in [2.05, 4.69) is 20.0 Å². The Balaban J connectivity index is 1.83. The van der Waals surface area contributed by atoms with Gasteiger partial charge in [0.25, 0.3) is 5.56 Å². The Kier molecular flexibility index (Phi) is 4.34. The lowest BCUT2D eigenvalue weighted by Gasteiger charge is -2.10. The summed E-state index contributed by atoms with van der Waals surface area (Å²) in [6.45, 7) is 1.60. The first-order valence-corrected chi connectivity index (χ1v) is 7.51. The molecule has 2 aromatic heterocycles. The summed E-state index contributed by atoms with van der Waals surface area (Å²) in [5.41, 5.74) is 1.54. The number of ether oxygens (including phenoxy) is 1. The number of rotatable bonds is 4. The van der Waals surface area contributed by atoms with E-state index in [9.17, 15) is 14.4 Å². The number of fused-ring (bicyclic) bond motifs is 1. The molecule has 0 unspecified atom stereocenters. The van der Waals surface area contributed by atoms with Gasteiger partial charge in [0.15, 0.2) is 0 Å². The van der Waals surface area contributed by atoms with Gasteiger partial charge in [0.1, 0.15) is 18.5 Å². The molecule has 2 N–H and O–H groups in total. The fourth-order valence-corrected chi connectivity index (χ4v) is 2.51. The van der Waals surface area contributed by atoms with E-state index in [1.54, 1.807) is 30.3 Å². The van der Waals surface area contributed by atoms with E-state index < -0.39 is 11.9 Å². The zero-order valence-corrected chi connectivity index (χ0v) is 13.7. The third kappa shape index (κ3) is 3.27. The number of carbonyl (C=O) groups excluding carboxylic acids is 2. The topological polar surface area (TPSA) is 106 Å². The van der Waals surface area contributed by atoms with Crippen LogP contribution in [0.25, 0.3) is 11.0 Å². The number of esters is 1. The number of carbonyl (C=O) groups is 2. The molecule has 0 fully saturated rings. The number of para-hydroxylation sites is 1. The van der Waals surface area contributed by atoms with Gasteiger partial charge in [0.2, 0.25) is 5.91 Å². The second-order valence-corrected chi connectivity index (χ2v) is 5.48. The molecule has 8 nitrogen and oxygen atoms in total. The van der Waals surface area contributed by atoms with Gasteiger partial charge in [-0.15, -0.1) is 0 Å². The summed E-state index contributed by atoms with van der Waals surface area (Å²) in [5, 5.41) is 3.04. The van der Waals surface area contributed by atoms with Gasteiger partial charge in [0, 0.05) is 5.69 Å². The van der Waals surface area contributed by atoms with Crippen LogP contribution in [0.1, 0.15) is 16.1 Å². The van der Waals surface area contributed by atoms with Gasteiger partial charge in [-0.25, -0.2) is 9.78 Å². The number of hydrogen-bond acceptors (Lipinski definition) is 5. The monoisotopic (exact) mass is 340 g/mol. The first-order valence-electron chi connectivity index (χ1n) is 7.51. The highest BCUT2D eigenvalue weighted by Crippen LogP contribution is 2.16. The predicted molar refractivity (Wildman–Crippen MR) is 91.5 cm³/mol. The predicted octanol–water partition coefficient (Wildman–Crippen LogP) is 1.46. The maximum Gasteiger partial charge on any atom is 0.339 e. The minimum atomic E-state index is -0.557. The van der Waals surface area contributed by atoms with Crippen LogP contribution in [0, 0.1) is 6.92 Å². The fraction of sp³-hybridized carbons (Fsp3) is 0.176. The van der Waals surface area contributed by atoms with Crippen molar-refractivity contribution in [3.05, 3.63) is 58.3 Å². The molecule has 0 bridgehead atoms. The highest BCUT2D eigenvalue weighted by Gasteiger charge is 2.14. The standard InChI is InChI=1S/C17H16N4O4/c1-10-7-12-15(19-10)18-9-21(16(12)23)8-14(22)20-13-6-4-3-5-11(13)17(24)25-2/h3-7,9,19H,8H2,1-2H3,(H,20,22). The van der Waals surface area contributed by atoms with Crippen molar-refractivity contribution in [3.63, 3.8) is 0 Å². The second kappa shape index (κ2) is 6.60. The Morgan fingerprint density at radius 2 is 2.08 bits per heavy atom. The minimum absolute atomic E-state index is 0.221. The lowest BCUT2D eigenvalue weighted by molar-refractivity contribution is -0.116. The van der Waals surface area contributed by atoms with E-state index in [0.29, 0.717) is 16.7 Å². The number of aryl methyl sites for hydroxylation is 1. The Morgan fingerprint density at radius 1 is 1.32 bits per heavy atom. The molecule has 0 atom stereocenters. The zero-order valence-electron chi connectivity index (χ0n) is 13.7. The highest BCUT2D eigenvalue weighted by molar-refractivity contribution is 6.01. The molecule has 3 aromatic rings.